The number of carbonyl (C=O) groups excluding carboxylic acids is 1. The molecule has 0 bridgehead atoms. The van der Waals surface area contributed by atoms with Gasteiger partial charge in [-0.3, -0.25) is 19.7 Å². The van der Waals surface area contributed by atoms with Crippen LogP contribution in [0.1, 0.15) is 10.4 Å². The van der Waals surface area contributed by atoms with Crippen molar-refractivity contribution in [3.63, 3.8) is 0 Å². The van der Waals surface area contributed by atoms with Crippen LogP contribution in [0.25, 0.3) is 0 Å². The third-order valence-electron chi connectivity index (χ3n) is 3.11. The van der Waals surface area contributed by atoms with Crippen molar-refractivity contribution >= 4 is 17.6 Å². The van der Waals surface area contributed by atoms with Gasteiger partial charge in [-0.25, -0.2) is 0 Å². The molecule has 2 aromatic carbocycles. The molecule has 9 nitrogen and oxygen atoms in total. The Labute approximate surface area is 141 Å². The third kappa shape index (κ3) is 4.67. The highest BCUT2D eigenvalue weighted by Gasteiger charge is 2.19. The van der Waals surface area contributed by atoms with Gasteiger partial charge in [0.25, 0.3) is 11.6 Å². The quantitative estimate of drug-likeness (QED) is 0.581. The van der Waals surface area contributed by atoms with Crippen molar-refractivity contribution in [2.24, 2.45) is 0 Å². The SMILES string of the molecule is COc1ccc(Oc2ccc([N+](=O)[O-])cc2C(=O)NCC(=O)O)cc1. The molecule has 9 heteroatoms. The molecule has 25 heavy (non-hydrogen) atoms. The first kappa shape index (κ1) is 17.7. The van der Waals surface area contributed by atoms with Crippen molar-refractivity contribution in [1.29, 1.82) is 0 Å². The van der Waals surface area contributed by atoms with E-state index in [9.17, 15) is 19.7 Å². The van der Waals surface area contributed by atoms with Gasteiger partial charge in [-0.05, 0) is 30.3 Å². The predicted octanol–water partition coefficient (Wildman–Crippen LogP) is 2.21. The number of ether oxygens (including phenoxy) is 2. The number of carboxylic acids is 1. The molecule has 0 fully saturated rings. The highest BCUT2D eigenvalue weighted by Crippen LogP contribution is 2.29. The summed E-state index contributed by atoms with van der Waals surface area (Å²) in [5, 5.41) is 21.7. The molecule has 0 radical (unpaired) electrons. The molecule has 0 aliphatic heterocycles. The zero-order chi connectivity index (χ0) is 18.4. The van der Waals surface area contributed by atoms with Crippen molar-refractivity contribution < 1.29 is 29.1 Å². The molecule has 0 heterocycles. The van der Waals surface area contributed by atoms with Crippen LogP contribution in [0, 0.1) is 10.1 Å². The van der Waals surface area contributed by atoms with Crippen molar-refractivity contribution in [3.8, 4) is 17.2 Å². The Morgan fingerprint density at radius 2 is 1.80 bits per heavy atom. The van der Waals surface area contributed by atoms with E-state index in [4.69, 9.17) is 14.6 Å². The summed E-state index contributed by atoms with van der Waals surface area (Å²) in [6.45, 7) is -0.622. The van der Waals surface area contributed by atoms with Gasteiger partial charge >= 0.3 is 5.97 Å². The molecule has 0 aliphatic carbocycles. The highest BCUT2D eigenvalue weighted by molar-refractivity contribution is 5.99. The van der Waals surface area contributed by atoms with Gasteiger partial charge in [0.15, 0.2) is 0 Å². The predicted molar refractivity (Wildman–Crippen MR) is 86.1 cm³/mol. The van der Waals surface area contributed by atoms with E-state index >= 15 is 0 Å². The normalized spacial score (nSPS) is 9.96. The Hall–Kier alpha value is -3.62. The van der Waals surface area contributed by atoms with Crippen LogP contribution < -0.4 is 14.8 Å². The van der Waals surface area contributed by atoms with Crippen LogP contribution in [0.15, 0.2) is 42.5 Å². The molecule has 2 N–H and O–H groups in total. The molecule has 0 unspecified atom stereocenters. The summed E-state index contributed by atoms with van der Waals surface area (Å²) in [6, 6.07) is 9.97. The Morgan fingerprint density at radius 1 is 1.16 bits per heavy atom. The number of hydrogen-bond acceptors (Lipinski definition) is 6. The van der Waals surface area contributed by atoms with Gasteiger partial charge in [0.2, 0.25) is 0 Å². The molecular formula is C16H14N2O7. The molecule has 0 saturated heterocycles. The van der Waals surface area contributed by atoms with E-state index in [1.807, 2.05) is 0 Å². The summed E-state index contributed by atoms with van der Waals surface area (Å²) >= 11 is 0. The molecule has 0 spiro atoms. The van der Waals surface area contributed by atoms with Crippen molar-refractivity contribution in [3.05, 3.63) is 58.1 Å². The molecule has 2 aromatic rings. The molecule has 0 atom stereocenters. The number of nitrogens with zero attached hydrogens (tertiary/aromatic N) is 1. The van der Waals surface area contributed by atoms with Crippen LogP contribution in [0.3, 0.4) is 0 Å². The fourth-order valence-corrected chi connectivity index (χ4v) is 1.92. The van der Waals surface area contributed by atoms with E-state index in [0.29, 0.717) is 11.5 Å². The summed E-state index contributed by atoms with van der Waals surface area (Å²) in [7, 11) is 1.51. The number of aliphatic carboxylic acids is 1. The first-order valence-electron chi connectivity index (χ1n) is 7.01. The minimum atomic E-state index is -1.24. The number of hydrogen-bond donors (Lipinski definition) is 2. The maximum absolute atomic E-state index is 12.1. The Kier molecular flexibility index (Phi) is 5.51. The Morgan fingerprint density at radius 3 is 2.36 bits per heavy atom. The number of rotatable bonds is 7. The fraction of sp³-hybridized carbons (Fsp3) is 0.125. The number of benzene rings is 2. The van der Waals surface area contributed by atoms with E-state index in [1.54, 1.807) is 24.3 Å². The van der Waals surface area contributed by atoms with E-state index < -0.39 is 23.3 Å². The number of nitro groups is 1. The van der Waals surface area contributed by atoms with Crippen molar-refractivity contribution in [1.82, 2.24) is 5.32 Å². The number of nitrogens with one attached hydrogen (secondary N) is 1. The summed E-state index contributed by atoms with van der Waals surface area (Å²) in [4.78, 5) is 33.0. The summed E-state index contributed by atoms with van der Waals surface area (Å²) < 4.78 is 10.6. The molecule has 2 rings (SSSR count). The molecular weight excluding hydrogens is 332 g/mol. The monoisotopic (exact) mass is 346 g/mol. The van der Waals surface area contributed by atoms with E-state index in [2.05, 4.69) is 5.32 Å². The molecule has 0 saturated carbocycles. The summed E-state index contributed by atoms with van der Waals surface area (Å²) in [6.07, 6.45) is 0. The maximum atomic E-state index is 12.1. The first-order valence-corrected chi connectivity index (χ1v) is 7.01. The van der Waals surface area contributed by atoms with Gasteiger partial charge in [-0.15, -0.1) is 0 Å². The Balaban J connectivity index is 2.32. The van der Waals surface area contributed by atoms with Crippen LogP contribution in [-0.2, 0) is 4.79 Å². The van der Waals surface area contributed by atoms with Crippen LogP contribution in [-0.4, -0.2) is 35.6 Å². The van der Waals surface area contributed by atoms with Gasteiger partial charge in [-0.2, -0.15) is 0 Å². The van der Waals surface area contributed by atoms with Crippen molar-refractivity contribution in [2.45, 2.75) is 0 Å². The molecule has 0 aromatic heterocycles. The minimum Gasteiger partial charge on any atom is -0.497 e. The number of methoxy groups -OCH3 is 1. The van der Waals surface area contributed by atoms with Gasteiger partial charge in [0.05, 0.1) is 17.6 Å². The molecule has 130 valence electrons. The second-order valence-electron chi connectivity index (χ2n) is 4.79. The average Bonchev–Trinajstić information content (AvgIpc) is 2.60. The smallest absolute Gasteiger partial charge is 0.322 e. The van der Waals surface area contributed by atoms with Crippen LogP contribution in [0.2, 0.25) is 0 Å². The lowest BCUT2D eigenvalue weighted by Crippen LogP contribution is -2.29. The summed E-state index contributed by atoms with van der Waals surface area (Å²) in [5.41, 5.74) is -0.464. The second kappa shape index (κ2) is 7.77. The van der Waals surface area contributed by atoms with Crippen LogP contribution >= 0.6 is 0 Å². The largest absolute Gasteiger partial charge is 0.497 e. The number of carboxylic acid groups (broad SMARTS) is 1. The zero-order valence-electron chi connectivity index (χ0n) is 13.1. The number of nitro benzene ring substituents is 1. The lowest BCUT2D eigenvalue weighted by Gasteiger charge is -2.11. The highest BCUT2D eigenvalue weighted by atomic mass is 16.6. The zero-order valence-corrected chi connectivity index (χ0v) is 13.1. The minimum absolute atomic E-state index is 0.0543. The number of carbonyl (C=O) groups is 2. The summed E-state index contributed by atoms with van der Waals surface area (Å²) in [5.74, 6) is -0.998. The van der Waals surface area contributed by atoms with E-state index in [1.165, 1.54) is 19.2 Å². The number of non-ortho nitro benzene ring substituents is 1. The van der Waals surface area contributed by atoms with Gasteiger partial charge < -0.3 is 19.9 Å². The van der Waals surface area contributed by atoms with Gasteiger partial charge in [0.1, 0.15) is 23.8 Å². The lowest BCUT2D eigenvalue weighted by atomic mass is 10.1. The first-order chi connectivity index (χ1) is 11.9. The van der Waals surface area contributed by atoms with Crippen molar-refractivity contribution in [2.75, 3.05) is 13.7 Å². The van der Waals surface area contributed by atoms with E-state index in [0.717, 1.165) is 6.07 Å². The van der Waals surface area contributed by atoms with Gasteiger partial charge in [0, 0.05) is 12.1 Å². The van der Waals surface area contributed by atoms with E-state index in [-0.39, 0.29) is 17.0 Å². The Bertz CT molecular complexity index is 803. The lowest BCUT2D eigenvalue weighted by molar-refractivity contribution is -0.384. The van der Waals surface area contributed by atoms with Gasteiger partial charge in [-0.1, -0.05) is 0 Å². The number of amides is 1. The maximum Gasteiger partial charge on any atom is 0.322 e. The standard InChI is InChI=1S/C16H14N2O7/c1-24-11-3-5-12(6-4-11)25-14-7-2-10(18(22)23)8-13(14)16(21)17-9-15(19)20/h2-8H,9H2,1H3,(H,17,21)(H,19,20). The van der Waals surface area contributed by atoms with Crippen LogP contribution in [0.5, 0.6) is 17.2 Å². The fourth-order valence-electron chi connectivity index (χ4n) is 1.92. The topological polar surface area (TPSA) is 128 Å². The third-order valence-corrected chi connectivity index (χ3v) is 3.11. The second-order valence-corrected chi connectivity index (χ2v) is 4.79. The molecule has 0 aliphatic rings. The average molecular weight is 346 g/mol. The van der Waals surface area contributed by atoms with Crippen LogP contribution in [0.4, 0.5) is 5.69 Å². The molecule has 1 amide bonds.